The van der Waals surface area contributed by atoms with Crippen LogP contribution in [-0.2, 0) is 38.3 Å². The van der Waals surface area contributed by atoms with Gasteiger partial charge in [-0.1, -0.05) is 36.7 Å². The van der Waals surface area contributed by atoms with Gasteiger partial charge in [0, 0.05) is 69.5 Å². The number of aliphatic hydroxyl groups is 1. The molecule has 4 aliphatic rings. The molecular weight excluding hydrogens is 784 g/mol. The van der Waals surface area contributed by atoms with Crippen LogP contribution in [0, 0.1) is 17.8 Å². The van der Waals surface area contributed by atoms with E-state index in [9.17, 15) is 19.5 Å². The first kappa shape index (κ1) is 41.7. The Morgan fingerprint density at radius 1 is 1.17 bits per heavy atom. The fraction of sp³-hybridized carbons (Fsp3) is 0.524. The molecule has 1 fully saturated rings. The Hall–Kier alpha value is -4.44. The summed E-state index contributed by atoms with van der Waals surface area (Å²) in [5.74, 6) is -2.60. The second-order valence-corrected chi connectivity index (χ2v) is 19.0. The SMILES string of the molecule is COc1nn(C)cc1C(=O)NS1(=O)=NC(=O)c2ccc3c(c2)N(C[C@@H]2CC[C@H]2[C@@H](OC)/C=C/C(O)(CC(=O)N(C)C)[C@H](C)C1)C[C@@]1(CCCc2cc(Cl)ccc21)CO3. The first-order chi connectivity index (χ1) is 27.6. The van der Waals surface area contributed by atoms with Crippen LogP contribution in [0.3, 0.4) is 0 Å². The van der Waals surface area contributed by atoms with Gasteiger partial charge in [-0.25, -0.2) is 4.21 Å². The smallest absolute Gasteiger partial charge is 0.286 e. The van der Waals surface area contributed by atoms with Crippen molar-refractivity contribution in [3.05, 3.63) is 82.0 Å². The standard InChI is InChI=1S/C42H53ClN6O8S/c1-26-23-58(54,46-39(52)32-22-48(4)44-40(32)56-6)45-38(51)28-10-14-36-34(19-28)49(24-41(25-57-36)16-7-8-27-18-30(43)11-13-33(27)41)21-29-9-12-31(29)35(55-5)15-17-42(26,53)20-37(50)47(2)3/h10-11,13-15,17-19,22,26,29,31,35,53H,7-9,12,16,20-21,23-25H2,1-6H3,(H,45,46,51,52,54)/b17-15+/t26-,29+,31-,35+,41+,42?,58?/m1/s1. The molecule has 2 N–H and O–H groups in total. The van der Waals surface area contributed by atoms with Crippen LogP contribution in [0.4, 0.5) is 5.69 Å². The fourth-order valence-corrected chi connectivity index (χ4v) is 11.1. The fourth-order valence-electron chi connectivity index (χ4n) is 8.99. The molecule has 0 radical (unpaired) electrons. The van der Waals surface area contributed by atoms with Crippen LogP contribution in [0.15, 0.2) is 59.1 Å². The summed E-state index contributed by atoms with van der Waals surface area (Å²) in [4.78, 5) is 45.0. The van der Waals surface area contributed by atoms with Crippen molar-refractivity contribution in [3.8, 4) is 11.6 Å². The van der Waals surface area contributed by atoms with Gasteiger partial charge in [-0.15, -0.1) is 9.46 Å². The highest BCUT2D eigenvalue weighted by Crippen LogP contribution is 2.47. The Morgan fingerprint density at radius 2 is 1.97 bits per heavy atom. The minimum absolute atomic E-state index is 0.0150. The lowest BCUT2D eigenvalue weighted by molar-refractivity contribution is -0.133. The number of aryl methyl sites for hydroxylation is 2. The van der Waals surface area contributed by atoms with Gasteiger partial charge in [-0.2, -0.15) is 0 Å². The number of anilines is 1. The molecule has 2 bridgehead atoms. The van der Waals surface area contributed by atoms with Crippen LogP contribution in [0.1, 0.15) is 70.9 Å². The van der Waals surface area contributed by atoms with E-state index in [1.54, 1.807) is 65.5 Å². The minimum Gasteiger partial charge on any atom is -0.490 e. The van der Waals surface area contributed by atoms with Gasteiger partial charge in [0.05, 0.1) is 43.3 Å². The first-order valence-corrected chi connectivity index (χ1v) is 21.8. The van der Waals surface area contributed by atoms with Crippen LogP contribution in [0.2, 0.25) is 5.02 Å². The average molecular weight is 837 g/mol. The molecule has 1 aromatic heterocycles. The summed E-state index contributed by atoms with van der Waals surface area (Å²) in [6.07, 6.45) is 8.61. The summed E-state index contributed by atoms with van der Waals surface area (Å²) in [5, 5.41) is 17.2. The largest absolute Gasteiger partial charge is 0.490 e. The quantitative estimate of drug-likeness (QED) is 0.324. The van der Waals surface area contributed by atoms with E-state index in [1.165, 1.54) is 34.0 Å². The third-order valence-electron chi connectivity index (χ3n) is 12.5. The lowest BCUT2D eigenvalue weighted by atomic mass is 9.68. The summed E-state index contributed by atoms with van der Waals surface area (Å²) in [5.41, 5.74) is 1.04. The van der Waals surface area contributed by atoms with Gasteiger partial charge in [-0.05, 0) is 85.4 Å². The molecule has 2 aliphatic carbocycles. The number of nitrogens with one attached hydrogen (secondary N) is 1. The van der Waals surface area contributed by atoms with Crippen molar-refractivity contribution in [1.82, 2.24) is 19.4 Å². The number of benzene rings is 2. The van der Waals surface area contributed by atoms with Gasteiger partial charge in [0.25, 0.3) is 11.8 Å². The highest BCUT2D eigenvalue weighted by Gasteiger charge is 2.45. The Bertz CT molecular complexity index is 2250. The number of carbonyl (C=O) groups excluding carboxylic acids is 3. The molecule has 1 saturated carbocycles. The minimum atomic E-state index is -4.01. The summed E-state index contributed by atoms with van der Waals surface area (Å²) < 4.78 is 41.2. The van der Waals surface area contributed by atoms with Crippen molar-refractivity contribution >= 4 is 44.9 Å². The summed E-state index contributed by atoms with van der Waals surface area (Å²) in [7, 11) is 3.76. The van der Waals surface area contributed by atoms with Crippen LogP contribution >= 0.6 is 11.6 Å². The molecule has 14 nitrogen and oxygen atoms in total. The van der Waals surface area contributed by atoms with Crippen molar-refractivity contribution in [3.63, 3.8) is 0 Å². The van der Waals surface area contributed by atoms with E-state index in [0.717, 1.165) is 37.8 Å². The van der Waals surface area contributed by atoms with Gasteiger partial charge in [0.15, 0.2) is 0 Å². The van der Waals surface area contributed by atoms with E-state index in [0.29, 0.717) is 30.5 Å². The lowest BCUT2D eigenvalue weighted by Gasteiger charge is -2.46. The van der Waals surface area contributed by atoms with Gasteiger partial charge in [0.1, 0.15) is 21.2 Å². The number of aromatic nitrogens is 2. The zero-order valence-corrected chi connectivity index (χ0v) is 35.5. The third-order valence-corrected chi connectivity index (χ3v) is 14.6. The van der Waals surface area contributed by atoms with Crippen LogP contribution in [0.25, 0.3) is 0 Å². The van der Waals surface area contributed by atoms with E-state index in [4.69, 9.17) is 25.8 Å². The van der Waals surface area contributed by atoms with Crippen LogP contribution < -0.4 is 19.1 Å². The molecule has 2 unspecified atom stereocenters. The van der Waals surface area contributed by atoms with Gasteiger partial charge >= 0.3 is 0 Å². The molecule has 3 heterocycles. The van der Waals surface area contributed by atoms with Gasteiger partial charge in [0.2, 0.25) is 11.8 Å². The number of rotatable bonds is 6. The van der Waals surface area contributed by atoms with Crippen LogP contribution in [-0.4, -0.2) is 107 Å². The third kappa shape index (κ3) is 8.23. The van der Waals surface area contributed by atoms with Crippen molar-refractivity contribution in [1.29, 1.82) is 0 Å². The summed E-state index contributed by atoms with van der Waals surface area (Å²) in [6.45, 7) is 3.29. The number of fused-ring (bicyclic) bond motifs is 4. The van der Waals surface area contributed by atoms with E-state index in [-0.39, 0.29) is 46.6 Å². The number of amides is 3. The molecule has 2 aliphatic heterocycles. The number of ether oxygens (including phenoxy) is 3. The second-order valence-electron chi connectivity index (χ2n) is 16.6. The van der Waals surface area contributed by atoms with E-state index >= 15 is 4.21 Å². The van der Waals surface area contributed by atoms with Crippen molar-refractivity contribution in [2.24, 2.45) is 29.2 Å². The zero-order chi connectivity index (χ0) is 41.6. The van der Waals surface area contributed by atoms with Gasteiger partial charge in [-0.3, -0.25) is 23.8 Å². The molecule has 2 aromatic carbocycles. The normalized spacial score (nSPS) is 30.1. The highest BCUT2D eigenvalue weighted by atomic mass is 35.5. The molecule has 7 atom stereocenters. The molecule has 16 heteroatoms. The summed E-state index contributed by atoms with van der Waals surface area (Å²) >= 11 is 6.48. The molecule has 312 valence electrons. The second kappa shape index (κ2) is 16.3. The van der Waals surface area contributed by atoms with Gasteiger partial charge < -0.3 is 29.1 Å². The monoisotopic (exact) mass is 836 g/mol. The maximum absolute atomic E-state index is 15.1. The van der Waals surface area contributed by atoms with Crippen molar-refractivity contribution in [2.75, 3.05) is 58.7 Å². The highest BCUT2D eigenvalue weighted by molar-refractivity contribution is 7.92. The Kier molecular flexibility index (Phi) is 11.7. The van der Waals surface area contributed by atoms with E-state index in [2.05, 4.69) is 31.2 Å². The summed E-state index contributed by atoms with van der Waals surface area (Å²) in [6, 6.07) is 11.2. The predicted octanol–water partition coefficient (Wildman–Crippen LogP) is 4.96. The number of methoxy groups -OCH3 is 2. The molecule has 3 amide bonds. The first-order valence-electron chi connectivity index (χ1n) is 19.7. The molecular formula is C42H53ClN6O8S. The van der Waals surface area contributed by atoms with Crippen molar-refractivity contribution in [2.45, 2.75) is 62.6 Å². The molecule has 58 heavy (non-hydrogen) atoms. The predicted molar refractivity (Wildman–Crippen MR) is 221 cm³/mol. The maximum atomic E-state index is 15.1. The Labute approximate surface area is 345 Å². The maximum Gasteiger partial charge on any atom is 0.286 e. The zero-order valence-electron chi connectivity index (χ0n) is 33.9. The number of nitrogens with zero attached hydrogens (tertiary/aromatic N) is 5. The average Bonchev–Trinajstić information content (AvgIpc) is 3.49. The number of carbonyl (C=O) groups is 3. The molecule has 0 saturated heterocycles. The lowest BCUT2D eigenvalue weighted by Crippen LogP contribution is -2.50. The Balaban J connectivity index is 1.36. The molecule has 3 aromatic rings. The number of hydrogen-bond donors (Lipinski definition) is 2. The molecule has 7 rings (SSSR count). The van der Waals surface area contributed by atoms with Crippen molar-refractivity contribution < 1.29 is 37.9 Å². The Morgan fingerprint density at radius 3 is 2.67 bits per heavy atom. The van der Waals surface area contributed by atoms with Crippen LogP contribution in [0.5, 0.6) is 11.6 Å². The number of halogens is 1. The number of hydrogen-bond acceptors (Lipinski definition) is 10. The topological polar surface area (TPSA) is 165 Å². The van der Waals surface area contributed by atoms with E-state index in [1.807, 2.05) is 6.07 Å². The molecule has 1 spiro atoms. The van der Waals surface area contributed by atoms with E-state index < -0.39 is 45.1 Å².